The van der Waals surface area contributed by atoms with Gasteiger partial charge in [0.05, 0.1) is 11.3 Å². The van der Waals surface area contributed by atoms with E-state index in [2.05, 4.69) is 15.9 Å². The molecule has 0 aliphatic carbocycles. The monoisotopic (exact) mass is 286 g/mol. The van der Waals surface area contributed by atoms with Gasteiger partial charge >= 0.3 is 5.97 Å². The fraction of sp³-hybridized carbons (Fsp3) is 0.200. The molecule has 2 N–H and O–H groups in total. The molecule has 0 aromatic heterocycles. The summed E-state index contributed by atoms with van der Waals surface area (Å²) in [4.78, 5) is 11.5. The quantitative estimate of drug-likeness (QED) is 0.668. The predicted octanol–water partition coefficient (Wildman–Crippen LogP) is 2.24. The van der Waals surface area contributed by atoms with Crippen molar-refractivity contribution in [2.24, 2.45) is 0 Å². The number of nitrogens with two attached hydrogens (primary N) is 1. The lowest BCUT2D eigenvalue weighted by Gasteiger charge is -2.08. The number of nitrogens with zero attached hydrogens (tertiary/aromatic N) is 1. The van der Waals surface area contributed by atoms with E-state index >= 15 is 0 Å². The number of nitriles is 1. The van der Waals surface area contributed by atoms with Crippen LogP contribution >= 0.6 is 15.9 Å². The molecule has 0 bridgehead atoms. The molecule has 1 aromatic rings. The maximum atomic E-state index is 13.0. The van der Waals surface area contributed by atoms with Gasteiger partial charge in [-0.1, -0.05) is 0 Å². The van der Waals surface area contributed by atoms with Gasteiger partial charge in [0.25, 0.3) is 0 Å². The molecule has 0 spiro atoms. The number of esters is 1. The Balaban J connectivity index is 3.01. The summed E-state index contributed by atoms with van der Waals surface area (Å²) in [5, 5.41) is 8.47. The Kier molecular flexibility index (Phi) is 3.85. The maximum absolute atomic E-state index is 13.0. The highest BCUT2D eigenvalue weighted by molar-refractivity contribution is 9.10. The van der Waals surface area contributed by atoms with Crippen LogP contribution in [0.3, 0.4) is 0 Å². The Morgan fingerprint density at radius 2 is 2.31 bits per heavy atom. The Hall–Kier alpha value is -1.61. The molecule has 0 saturated carbocycles. The molecule has 4 nitrogen and oxygen atoms in total. The molecule has 1 aromatic carbocycles. The first-order chi connectivity index (χ1) is 7.45. The third-order valence-corrected chi connectivity index (χ3v) is 2.43. The zero-order chi connectivity index (χ0) is 12.3. The van der Waals surface area contributed by atoms with Gasteiger partial charge < -0.3 is 10.5 Å². The number of anilines is 1. The number of hydrogen-bond acceptors (Lipinski definition) is 4. The Bertz CT molecular complexity index is 471. The van der Waals surface area contributed by atoms with Gasteiger partial charge in [-0.3, -0.25) is 0 Å². The molecule has 1 unspecified atom stereocenters. The van der Waals surface area contributed by atoms with Crippen LogP contribution < -0.4 is 5.73 Å². The summed E-state index contributed by atoms with van der Waals surface area (Å²) >= 11 is 3.01. The van der Waals surface area contributed by atoms with Crippen molar-refractivity contribution < 1.29 is 13.9 Å². The smallest absolute Gasteiger partial charge is 0.340 e. The lowest BCUT2D eigenvalue weighted by Crippen LogP contribution is -2.14. The minimum atomic E-state index is -0.870. The number of ether oxygens (including phenoxy) is 1. The third kappa shape index (κ3) is 2.70. The maximum Gasteiger partial charge on any atom is 0.340 e. The molecule has 6 heteroatoms. The number of carbonyl (C=O) groups excluding carboxylic acids is 1. The number of benzene rings is 1. The van der Waals surface area contributed by atoms with Crippen molar-refractivity contribution in [3.05, 3.63) is 28.0 Å². The van der Waals surface area contributed by atoms with Crippen molar-refractivity contribution in [2.75, 3.05) is 5.73 Å². The van der Waals surface area contributed by atoms with Gasteiger partial charge in [0.15, 0.2) is 6.10 Å². The van der Waals surface area contributed by atoms with Crippen LogP contribution in [0.2, 0.25) is 0 Å². The van der Waals surface area contributed by atoms with Gasteiger partial charge in [-0.05, 0) is 35.0 Å². The number of carbonyl (C=O) groups is 1. The Morgan fingerprint density at radius 3 is 2.88 bits per heavy atom. The number of rotatable bonds is 2. The summed E-state index contributed by atoms with van der Waals surface area (Å²) < 4.78 is 18.0. The highest BCUT2D eigenvalue weighted by atomic mass is 79.9. The second-order valence-electron chi connectivity index (χ2n) is 3.03. The molecule has 0 aliphatic rings. The van der Waals surface area contributed by atoms with Gasteiger partial charge in [-0.25, -0.2) is 9.18 Å². The first-order valence-electron chi connectivity index (χ1n) is 4.30. The van der Waals surface area contributed by atoms with E-state index in [1.54, 1.807) is 6.07 Å². The average molecular weight is 287 g/mol. The summed E-state index contributed by atoms with van der Waals surface area (Å²) in [5.74, 6) is -1.36. The highest BCUT2D eigenvalue weighted by Gasteiger charge is 2.16. The van der Waals surface area contributed by atoms with Crippen LogP contribution in [0.15, 0.2) is 16.6 Å². The van der Waals surface area contributed by atoms with Crippen LogP contribution in [0.1, 0.15) is 17.3 Å². The van der Waals surface area contributed by atoms with Crippen LogP contribution in [-0.4, -0.2) is 12.1 Å². The molecular weight excluding hydrogens is 279 g/mol. The van der Waals surface area contributed by atoms with Crippen molar-refractivity contribution in [2.45, 2.75) is 13.0 Å². The molecule has 1 rings (SSSR count). The van der Waals surface area contributed by atoms with Crippen molar-refractivity contribution in [3.63, 3.8) is 0 Å². The predicted molar refractivity (Wildman–Crippen MR) is 59.0 cm³/mol. The van der Waals surface area contributed by atoms with Crippen LogP contribution in [0.5, 0.6) is 0 Å². The van der Waals surface area contributed by atoms with Gasteiger partial charge in [0, 0.05) is 4.47 Å². The molecule has 16 heavy (non-hydrogen) atoms. The summed E-state index contributed by atoms with van der Waals surface area (Å²) in [6.45, 7) is 1.43. The summed E-state index contributed by atoms with van der Waals surface area (Å²) in [6.07, 6.45) is -0.870. The molecule has 0 amide bonds. The third-order valence-electron chi connectivity index (χ3n) is 1.77. The first kappa shape index (κ1) is 12.5. The second-order valence-corrected chi connectivity index (χ2v) is 3.88. The highest BCUT2D eigenvalue weighted by Crippen LogP contribution is 2.23. The minimum absolute atomic E-state index is 0.0843. The molecule has 0 saturated heterocycles. The summed E-state index contributed by atoms with van der Waals surface area (Å²) in [7, 11) is 0. The molecule has 0 heterocycles. The van der Waals surface area contributed by atoms with Crippen LogP contribution in [-0.2, 0) is 4.74 Å². The lowest BCUT2D eigenvalue weighted by atomic mass is 10.2. The molecular formula is C10H8BrFN2O2. The van der Waals surface area contributed by atoms with E-state index in [1.807, 2.05) is 0 Å². The topological polar surface area (TPSA) is 76.1 Å². The normalized spacial score (nSPS) is 11.6. The van der Waals surface area contributed by atoms with E-state index in [4.69, 9.17) is 15.7 Å². The fourth-order valence-electron chi connectivity index (χ4n) is 0.973. The van der Waals surface area contributed by atoms with E-state index in [0.717, 1.165) is 12.1 Å². The van der Waals surface area contributed by atoms with Gasteiger partial charge in [0.1, 0.15) is 11.9 Å². The van der Waals surface area contributed by atoms with Crippen molar-refractivity contribution >= 4 is 27.6 Å². The standard InChI is InChI=1S/C10H8BrFN2O2/c1-5(4-13)16-10(15)6-2-9(14)8(12)3-7(6)11/h2-3,5H,14H2,1H3. The summed E-state index contributed by atoms with van der Waals surface area (Å²) in [6, 6.07) is 3.98. The Labute approximate surface area is 99.9 Å². The first-order valence-corrected chi connectivity index (χ1v) is 5.10. The van der Waals surface area contributed by atoms with E-state index in [-0.39, 0.29) is 15.7 Å². The van der Waals surface area contributed by atoms with Crippen LogP contribution in [0.25, 0.3) is 0 Å². The summed E-state index contributed by atoms with van der Waals surface area (Å²) in [5.41, 5.74) is 5.25. The number of halogens is 2. The second kappa shape index (κ2) is 4.94. The SMILES string of the molecule is CC(C#N)OC(=O)c1cc(N)c(F)cc1Br. The van der Waals surface area contributed by atoms with Crippen molar-refractivity contribution in [3.8, 4) is 6.07 Å². The molecule has 0 fully saturated rings. The number of hydrogen-bond donors (Lipinski definition) is 1. The molecule has 1 atom stereocenters. The lowest BCUT2D eigenvalue weighted by molar-refractivity contribution is 0.0434. The Morgan fingerprint density at radius 1 is 1.69 bits per heavy atom. The average Bonchev–Trinajstić information content (AvgIpc) is 2.23. The fourth-order valence-corrected chi connectivity index (χ4v) is 1.45. The van der Waals surface area contributed by atoms with Gasteiger partial charge in [-0.15, -0.1) is 0 Å². The minimum Gasteiger partial charge on any atom is -0.444 e. The van der Waals surface area contributed by atoms with Gasteiger partial charge in [0.2, 0.25) is 0 Å². The van der Waals surface area contributed by atoms with E-state index < -0.39 is 17.9 Å². The molecule has 0 radical (unpaired) electrons. The number of nitrogen functional groups attached to an aromatic ring is 1. The van der Waals surface area contributed by atoms with Gasteiger partial charge in [-0.2, -0.15) is 5.26 Å². The van der Waals surface area contributed by atoms with E-state index in [0.29, 0.717) is 0 Å². The van der Waals surface area contributed by atoms with Crippen LogP contribution in [0.4, 0.5) is 10.1 Å². The van der Waals surface area contributed by atoms with Crippen molar-refractivity contribution in [1.82, 2.24) is 0 Å². The molecule has 84 valence electrons. The van der Waals surface area contributed by atoms with E-state index in [9.17, 15) is 9.18 Å². The van der Waals surface area contributed by atoms with Crippen LogP contribution in [0, 0.1) is 17.1 Å². The van der Waals surface area contributed by atoms with Crippen molar-refractivity contribution in [1.29, 1.82) is 5.26 Å². The zero-order valence-electron chi connectivity index (χ0n) is 8.33. The van der Waals surface area contributed by atoms with E-state index in [1.165, 1.54) is 6.92 Å². The largest absolute Gasteiger partial charge is 0.444 e. The molecule has 0 aliphatic heterocycles. The zero-order valence-corrected chi connectivity index (χ0v) is 9.92.